The quantitative estimate of drug-likeness (QED) is 0.668. The van der Waals surface area contributed by atoms with E-state index in [2.05, 4.69) is 19.1 Å². The van der Waals surface area contributed by atoms with Gasteiger partial charge >= 0.3 is 5.97 Å². The van der Waals surface area contributed by atoms with Crippen LogP contribution in [0.3, 0.4) is 0 Å². The monoisotopic (exact) mass is 420 g/mol. The van der Waals surface area contributed by atoms with Crippen molar-refractivity contribution >= 4 is 23.3 Å². The summed E-state index contributed by atoms with van der Waals surface area (Å²) in [6, 6.07) is 14.4. The number of benzene rings is 2. The third-order valence-corrected chi connectivity index (χ3v) is 5.68. The maximum absolute atomic E-state index is 12.4. The SMILES string of the molecule is CCc1ccc2c(c1)C(c1ccc(Cl)cc1)=NC(CC(=O)O)c1cc(=O)n(C)cc1-2. The van der Waals surface area contributed by atoms with Crippen LogP contribution in [0.4, 0.5) is 0 Å². The van der Waals surface area contributed by atoms with Gasteiger partial charge in [-0.3, -0.25) is 14.6 Å². The molecule has 1 aliphatic rings. The van der Waals surface area contributed by atoms with Gasteiger partial charge in [0.2, 0.25) is 0 Å². The van der Waals surface area contributed by atoms with Crippen molar-refractivity contribution in [2.75, 3.05) is 0 Å². The Bertz CT molecular complexity index is 1230. The van der Waals surface area contributed by atoms with Crippen LogP contribution in [0.2, 0.25) is 5.02 Å². The van der Waals surface area contributed by atoms with Gasteiger partial charge in [-0.25, -0.2) is 0 Å². The minimum absolute atomic E-state index is 0.194. The Labute approximate surface area is 179 Å². The highest BCUT2D eigenvalue weighted by atomic mass is 35.5. The van der Waals surface area contributed by atoms with Gasteiger partial charge in [-0.1, -0.05) is 42.8 Å². The molecule has 152 valence electrons. The van der Waals surface area contributed by atoms with E-state index in [0.717, 1.165) is 34.2 Å². The molecule has 0 radical (unpaired) electrons. The lowest BCUT2D eigenvalue weighted by molar-refractivity contribution is -0.137. The number of halogens is 1. The Balaban J connectivity index is 2.07. The Kier molecular flexibility index (Phi) is 5.31. The first-order chi connectivity index (χ1) is 14.4. The lowest BCUT2D eigenvalue weighted by atomic mass is 9.90. The van der Waals surface area contributed by atoms with E-state index in [1.807, 2.05) is 18.2 Å². The molecule has 0 bridgehead atoms. The van der Waals surface area contributed by atoms with E-state index in [0.29, 0.717) is 16.3 Å². The Morgan fingerprint density at radius 3 is 2.50 bits per heavy atom. The van der Waals surface area contributed by atoms with Crippen LogP contribution < -0.4 is 5.56 Å². The number of nitrogens with zero attached hydrogens (tertiary/aromatic N) is 2. The van der Waals surface area contributed by atoms with E-state index in [1.54, 1.807) is 25.4 Å². The van der Waals surface area contributed by atoms with Gasteiger partial charge in [-0.2, -0.15) is 0 Å². The molecule has 0 amide bonds. The van der Waals surface area contributed by atoms with Crippen LogP contribution in [0, 0.1) is 0 Å². The summed E-state index contributed by atoms with van der Waals surface area (Å²) in [6.45, 7) is 2.09. The number of aliphatic carboxylic acids is 1. The molecular weight excluding hydrogens is 400 g/mol. The van der Waals surface area contributed by atoms with Gasteiger partial charge in [-0.05, 0) is 41.3 Å². The summed E-state index contributed by atoms with van der Waals surface area (Å²) in [5, 5.41) is 10.1. The van der Waals surface area contributed by atoms with Gasteiger partial charge in [0.1, 0.15) is 0 Å². The number of rotatable bonds is 4. The van der Waals surface area contributed by atoms with E-state index < -0.39 is 12.0 Å². The molecule has 2 aromatic carbocycles. The first-order valence-corrected chi connectivity index (χ1v) is 10.1. The molecule has 1 atom stereocenters. The van der Waals surface area contributed by atoms with Crippen molar-refractivity contribution in [3.63, 3.8) is 0 Å². The maximum Gasteiger partial charge on any atom is 0.305 e. The molecule has 2 heterocycles. The number of fused-ring (bicyclic) bond motifs is 3. The molecule has 3 aromatic rings. The van der Waals surface area contributed by atoms with Crippen molar-refractivity contribution in [2.45, 2.75) is 25.8 Å². The van der Waals surface area contributed by atoms with Crippen molar-refractivity contribution in [1.82, 2.24) is 4.57 Å². The van der Waals surface area contributed by atoms with Gasteiger partial charge in [0, 0.05) is 41.0 Å². The second kappa shape index (κ2) is 7.92. The fraction of sp³-hybridized carbons (Fsp3) is 0.208. The molecule has 1 unspecified atom stereocenters. The first-order valence-electron chi connectivity index (χ1n) is 9.77. The van der Waals surface area contributed by atoms with Crippen LogP contribution in [-0.2, 0) is 18.3 Å². The van der Waals surface area contributed by atoms with E-state index in [1.165, 1.54) is 10.6 Å². The normalized spacial score (nSPS) is 15.0. The fourth-order valence-corrected chi connectivity index (χ4v) is 3.97. The average molecular weight is 421 g/mol. The third-order valence-electron chi connectivity index (χ3n) is 5.43. The molecule has 0 aliphatic carbocycles. The van der Waals surface area contributed by atoms with Crippen LogP contribution in [0.25, 0.3) is 11.1 Å². The van der Waals surface area contributed by atoms with Gasteiger partial charge in [0.05, 0.1) is 18.2 Å². The number of hydrogen-bond acceptors (Lipinski definition) is 3. The number of aryl methyl sites for hydroxylation is 2. The Morgan fingerprint density at radius 1 is 1.10 bits per heavy atom. The third kappa shape index (κ3) is 3.68. The number of carboxylic acids is 1. The van der Waals surface area contributed by atoms with Crippen molar-refractivity contribution < 1.29 is 9.90 Å². The predicted octanol–water partition coefficient (Wildman–Crippen LogP) is 4.63. The van der Waals surface area contributed by atoms with Crippen molar-refractivity contribution in [1.29, 1.82) is 0 Å². The van der Waals surface area contributed by atoms with Crippen molar-refractivity contribution in [2.24, 2.45) is 12.0 Å². The summed E-state index contributed by atoms with van der Waals surface area (Å²) in [5.74, 6) is -0.967. The molecule has 0 saturated carbocycles. The molecule has 4 rings (SSSR count). The largest absolute Gasteiger partial charge is 0.481 e. The molecular formula is C24H21ClN2O3. The van der Waals surface area contributed by atoms with Crippen LogP contribution in [-0.4, -0.2) is 21.4 Å². The van der Waals surface area contributed by atoms with Crippen molar-refractivity contribution in [3.8, 4) is 11.1 Å². The van der Waals surface area contributed by atoms with E-state index >= 15 is 0 Å². The molecule has 1 aromatic heterocycles. The molecule has 0 fully saturated rings. The highest BCUT2D eigenvalue weighted by Crippen LogP contribution is 2.38. The molecule has 0 spiro atoms. The van der Waals surface area contributed by atoms with Crippen LogP contribution in [0.15, 0.2) is 64.5 Å². The smallest absolute Gasteiger partial charge is 0.305 e. The Morgan fingerprint density at radius 2 is 1.83 bits per heavy atom. The number of carbonyl (C=O) groups is 1. The number of aromatic nitrogens is 1. The highest BCUT2D eigenvalue weighted by molar-refractivity contribution is 6.30. The summed E-state index contributed by atoms with van der Waals surface area (Å²) in [6.07, 6.45) is 2.43. The fourth-order valence-electron chi connectivity index (χ4n) is 3.84. The molecule has 5 nitrogen and oxygen atoms in total. The topological polar surface area (TPSA) is 71.7 Å². The van der Waals surface area contributed by atoms with E-state index in [4.69, 9.17) is 16.6 Å². The number of aliphatic imine (C=N–C) groups is 1. The summed E-state index contributed by atoms with van der Waals surface area (Å²) in [4.78, 5) is 28.9. The van der Waals surface area contributed by atoms with E-state index in [9.17, 15) is 14.7 Å². The second-order valence-electron chi connectivity index (χ2n) is 7.42. The minimum Gasteiger partial charge on any atom is -0.481 e. The van der Waals surface area contributed by atoms with Gasteiger partial charge in [0.15, 0.2) is 0 Å². The van der Waals surface area contributed by atoms with Crippen LogP contribution in [0.5, 0.6) is 0 Å². The summed E-state index contributed by atoms with van der Waals surface area (Å²) in [7, 11) is 1.70. The first kappa shape index (κ1) is 20.1. The van der Waals surface area contributed by atoms with Crippen LogP contribution in [0.1, 0.15) is 41.6 Å². The second-order valence-corrected chi connectivity index (χ2v) is 7.86. The van der Waals surface area contributed by atoms with Crippen LogP contribution >= 0.6 is 11.6 Å². The lowest BCUT2D eigenvalue weighted by Gasteiger charge is -2.15. The minimum atomic E-state index is -0.967. The highest BCUT2D eigenvalue weighted by Gasteiger charge is 2.27. The van der Waals surface area contributed by atoms with Gasteiger partial charge in [0.25, 0.3) is 5.56 Å². The average Bonchev–Trinajstić information content (AvgIpc) is 2.84. The molecule has 1 N–H and O–H groups in total. The Hall–Kier alpha value is -3.18. The summed E-state index contributed by atoms with van der Waals surface area (Å²) >= 11 is 6.08. The molecule has 0 saturated heterocycles. The summed E-state index contributed by atoms with van der Waals surface area (Å²) < 4.78 is 1.52. The molecule has 1 aliphatic heterocycles. The predicted molar refractivity (Wildman–Crippen MR) is 119 cm³/mol. The van der Waals surface area contributed by atoms with E-state index in [-0.39, 0.29) is 12.0 Å². The number of carboxylic acid groups (broad SMARTS) is 1. The molecule has 30 heavy (non-hydrogen) atoms. The zero-order valence-electron chi connectivity index (χ0n) is 16.7. The number of pyridine rings is 1. The molecule has 6 heteroatoms. The zero-order chi connectivity index (χ0) is 21.4. The standard InChI is InChI=1S/C24H21ClN2O3/c1-3-14-4-9-17-19(10-14)24(15-5-7-16(25)8-6-15)26-21(12-23(29)30)18-11-22(28)27(2)13-20(17)18/h4-11,13,21H,3,12H2,1-2H3,(H,29,30). The summed E-state index contributed by atoms with van der Waals surface area (Å²) in [5.41, 5.74) is 5.82. The maximum atomic E-state index is 12.4. The number of hydrogen-bond donors (Lipinski definition) is 1. The van der Waals surface area contributed by atoms with Crippen molar-refractivity contribution in [3.05, 3.63) is 92.4 Å². The van der Waals surface area contributed by atoms with Gasteiger partial charge in [-0.15, -0.1) is 0 Å². The van der Waals surface area contributed by atoms with Gasteiger partial charge < -0.3 is 9.67 Å². The zero-order valence-corrected chi connectivity index (χ0v) is 17.5. The lowest BCUT2D eigenvalue weighted by Crippen LogP contribution is -2.18.